The monoisotopic (exact) mass is 1070 g/mol. The normalized spacial score (nSPS) is 17.5. The second-order valence-corrected chi connectivity index (χ2v) is 20.9. The van der Waals surface area contributed by atoms with Gasteiger partial charge in [0.25, 0.3) is 0 Å². The number of halogens is 3. The summed E-state index contributed by atoms with van der Waals surface area (Å²) in [5.41, 5.74) is 6.29. The van der Waals surface area contributed by atoms with E-state index in [1.165, 1.54) is 42.7 Å². The third kappa shape index (κ3) is 16.6. The van der Waals surface area contributed by atoms with Crippen LogP contribution in [0.1, 0.15) is 88.8 Å². The van der Waals surface area contributed by atoms with Crippen molar-refractivity contribution in [3.05, 3.63) is 118 Å². The molecule has 6 aromatic rings. The van der Waals surface area contributed by atoms with Crippen molar-refractivity contribution in [2.45, 2.75) is 103 Å². The van der Waals surface area contributed by atoms with Crippen LogP contribution in [0.4, 0.5) is 29.7 Å². The molecule has 2 aliphatic rings. The van der Waals surface area contributed by atoms with Crippen molar-refractivity contribution in [3.63, 3.8) is 0 Å². The number of anilines is 2. The Morgan fingerprint density at radius 3 is 1.77 bits per heavy atom. The number of carbonyl (C=O) groups is 2. The van der Waals surface area contributed by atoms with Crippen LogP contribution in [0.5, 0.6) is 0 Å². The summed E-state index contributed by atoms with van der Waals surface area (Å²) in [6.45, 7) is 12.7. The van der Waals surface area contributed by atoms with E-state index in [9.17, 15) is 23.5 Å². The minimum Gasteiger partial charge on any atom is -0.378 e. The van der Waals surface area contributed by atoms with Gasteiger partial charge in [-0.3, -0.25) is 4.90 Å². The summed E-state index contributed by atoms with van der Waals surface area (Å²) in [5.74, 6) is 2.06. The van der Waals surface area contributed by atoms with Crippen LogP contribution in [-0.2, 0) is 26.9 Å². The molecule has 8 rings (SSSR count). The second-order valence-electron chi connectivity index (χ2n) is 20.0. The number of amides is 4. The summed E-state index contributed by atoms with van der Waals surface area (Å²) in [6.07, 6.45) is 6.92. The number of aliphatic hydroxyl groups excluding tert-OH is 1. The third-order valence-corrected chi connectivity index (χ3v) is 13.9. The Hall–Kier alpha value is -6.22. The Balaban J connectivity index is 0.000000214. The number of rotatable bonds is 17. The molecule has 20 heteroatoms. The van der Waals surface area contributed by atoms with Crippen LogP contribution in [0, 0.1) is 23.5 Å². The van der Waals surface area contributed by atoms with Crippen molar-refractivity contribution >= 4 is 39.4 Å². The number of aromatic nitrogens is 8. The SMILES string of the molecule is CC(C)c1cc(NC(=O)N[C@H](C)C[C@@H](O)N2CCC[C@@H](Cc3ccc(F)cc3)C2)cc(-c2nnnn2C)c1.C[C@H](CCN1CCC[C@@H](Cc2ccc(F)cc2)C1)NC(=O)Nc1cc(Br)cc(-c2nnnn2C)c1. The Kier molecular flexibility index (Phi) is 19.5. The molecule has 0 unspecified atom stereocenters. The molecule has 73 heavy (non-hydrogen) atoms. The van der Waals surface area contributed by atoms with Gasteiger partial charge in [0, 0.05) is 85.8 Å². The summed E-state index contributed by atoms with van der Waals surface area (Å²) in [5, 5.41) is 46.0. The molecule has 0 aliphatic carbocycles. The van der Waals surface area contributed by atoms with Gasteiger partial charge in [0.15, 0.2) is 11.6 Å². The highest BCUT2D eigenvalue weighted by molar-refractivity contribution is 9.10. The molecule has 2 aromatic heterocycles. The van der Waals surface area contributed by atoms with Gasteiger partial charge in [-0.05, 0) is 181 Å². The molecule has 5 atom stereocenters. The Morgan fingerprint density at radius 1 is 0.699 bits per heavy atom. The van der Waals surface area contributed by atoms with Crippen LogP contribution in [0.3, 0.4) is 0 Å². The highest BCUT2D eigenvalue weighted by Gasteiger charge is 2.27. The quantitative estimate of drug-likeness (QED) is 0.0585. The predicted octanol–water partition coefficient (Wildman–Crippen LogP) is 8.95. The number of hydrogen-bond donors (Lipinski definition) is 5. The number of aryl methyl sites for hydroxylation is 2. The first kappa shape index (κ1) is 54.6. The molecule has 390 valence electrons. The number of piperidine rings is 2. The van der Waals surface area contributed by atoms with Gasteiger partial charge >= 0.3 is 12.1 Å². The fourth-order valence-corrected chi connectivity index (χ4v) is 10.1. The van der Waals surface area contributed by atoms with Crippen molar-refractivity contribution < 1.29 is 23.5 Å². The molecule has 0 bridgehead atoms. The number of carbonyl (C=O) groups excluding carboxylic acids is 2. The van der Waals surface area contributed by atoms with Gasteiger partial charge in [0.05, 0.1) is 0 Å². The van der Waals surface area contributed by atoms with Crippen molar-refractivity contribution in [1.82, 2.24) is 60.8 Å². The van der Waals surface area contributed by atoms with Crippen LogP contribution in [-0.4, -0.2) is 118 Å². The standard InChI is InChI=1S/C28H38FN7O2.C25H31BrFN7O/c1-18(2)22-14-23(27-32-33-34-35(27)4)16-25(15-22)31-28(38)30-19(3)12-26(37)36-11-5-6-21(17-36)13-20-7-9-24(29)10-8-20;1-17(9-11-34-10-3-4-19(16-34)12-18-5-7-22(27)8-6-18)28-25(35)29-23-14-20(13-21(26)15-23)24-30-31-32-33(24)2/h7-10,14-16,18-19,21,26,37H,5-6,11-13,17H2,1-4H3,(H2,30,31,38);5-8,13-15,17,19H,3-4,9-12,16H2,1-2H3,(H2,28,29,35)/t19-,21+,26-;17-,19+/m11/s1. The van der Waals surface area contributed by atoms with Gasteiger partial charge in [0.1, 0.15) is 17.9 Å². The zero-order chi connectivity index (χ0) is 52.0. The fraction of sp³-hybridized carbons (Fsp3) is 0.472. The fourth-order valence-electron chi connectivity index (χ4n) is 9.64. The molecule has 0 radical (unpaired) electrons. The van der Waals surface area contributed by atoms with E-state index in [2.05, 4.69) is 91.9 Å². The largest absolute Gasteiger partial charge is 0.378 e. The lowest BCUT2D eigenvalue weighted by molar-refractivity contribution is -0.0306. The third-order valence-electron chi connectivity index (χ3n) is 13.4. The molecule has 17 nitrogen and oxygen atoms in total. The van der Waals surface area contributed by atoms with Crippen LogP contribution in [0.25, 0.3) is 22.8 Å². The first-order valence-electron chi connectivity index (χ1n) is 25.2. The minimum absolute atomic E-state index is 0.0297. The molecule has 0 spiro atoms. The lowest BCUT2D eigenvalue weighted by Crippen LogP contribution is -2.47. The lowest BCUT2D eigenvalue weighted by Gasteiger charge is -2.37. The topological polar surface area (TPSA) is 196 Å². The van der Waals surface area contributed by atoms with Crippen LogP contribution < -0.4 is 21.3 Å². The summed E-state index contributed by atoms with van der Waals surface area (Å²) < 4.78 is 30.4. The number of nitrogens with one attached hydrogen (secondary N) is 4. The molecule has 2 aliphatic heterocycles. The number of likely N-dealkylation sites (tertiary alicyclic amines) is 2. The molecule has 4 amide bonds. The average molecular weight is 1070 g/mol. The smallest absolute Gasteiger partial charge is 0.319 e. The predicted molar refractivity (Wildman–Crippen MR) is 282 cm³/mol. The number of aliphatic hydroxyl groups is 1. The van der Waals surface area contributed by atoms with Crippen LogP contribution in [0.2, 0.25) is 0 Å². The van der Waals surface area contributed by atoms with E-state index in [1.54, 1.807) is 23.5 Å². The van der Waals surface area contributed by atoms with E-state index in [0.717, 1.165) is 91.6 Å². The summed E-state index contributed by atoms with van der Waals surface area (Å²) in [6, 6.07) is 24.1. The maximum atomic E-state index is 13.2. The molecule has 5 N–H and O–H groups in total. The Labute approximate surface area is 435 Å². The zero-order valence-corrected chi connectivity index (χ0v) is 44.2. The highest BCUT2D eigenvalue weighted by Crippen LogP contribution is 2.29. The van der Waals surface area contributed by atoms with Crippen molar-refractivity contribution in [1.29, 1.82) is 0 Å². The lowest BCUT2D eigenvalue weighted by atomic mass is 9.91. The molecular formula is C53H69BrF2N14O3. The Bertz CT molecular complexity index is 2720. The van der Waals surface area contributed by atoms with E-state index < -0.39 is 6.23 Å². The van der Waals surface area contributed by atoms with E-state index in [-0.39, 0.29) is 41.7 Å². The van der Waals surface area contributed by atoms with Gasteiger partial charge in [0.2, 0.25) is 0 Å². The summed E-state index contributed by atoms with van der Waals surface area (Å²) in [7, 11) is 3.54. The summed E-state index contributed by atoms with van der Waals surface area (Å²) >= 11 is 3.49. The first-order chi connectivity index (χ1) is 35.0. The van der Waals surface area contributed by atoms with Crippen molar-refractivity contribution in [2.75, 3.05) is 43.4 Å². The number of nitrogens with zero attached hydrogens (tertiary/aromatic N) is 10. The number of benzene rings is 4. The maximum Gasteiger partial charge on any atom is 0.319 e. The highest BCUT2D eigenvalue weighted by atomic mass is 79.9. The Morgan fingerprint density at radius 2 is 1.22 bits per heavy atom. The van der Waals surface area contributed by atoms with E-state index in [1.807, 2.05) is 74.5 Å². The maximum absolute atomic E-state index is 13.2. The molecule has 2 fully saturated rings. The van der Waals surface area contributed by atoms with E-state index in [4.69, 9.17) is 0 Å². The molecule has 0 saturated carbocycles. The first-order valence-corrected chi connectivity index (χ1v) is 26.0. The zero-order valence-electron chi connectivity index (χ0n) is 42.6. The number of tetrazole rings is 2. The minimum atomic E-state index is -0.652. The van der Waals surface area contributed by atoms with Crippen molar-refractivity contribution in [2.24, 2.45) is 25.9 Å². The molecule has 4 aromatic carbocycles. The van der Waals surface area contributed by atoms with Gasteiger partial charge in [-0.15, -0.1) is 10.2 Å². The molecule has 4 heterocycles. The van der Waals surface area contributed by atoms with Crippen molar-refractivity contribution in [3.8, 4) is 22.8 Å². The number of urea groups is 2. The van der Waals surface area contributed by atoms with E-state index in [0.29, 0.717) is 41.3 Å². The molecular weight excluding hydrogens is 999 g/mol. The number of hydrogen-bond acceptors (Lipinski definition) is 11. The summed E-state index contributed by atoms with van der Waals surface area (Å²) in [4.78, 5) is 30.0. The van der Waals surface area contributed by atoms with Gasteiger partial charge in [-0.2, -0.15) is 0 Å². The molecule has 2 saturated heterocycles. The second kappa shape index (κ2) is 26.1. The van der Waals surface area contributed by atoms with Gasteiger partial charge in [-0.1, -0.05) is 54.0 Å². The van der Waals surface area contributed by atoms with Gasteiger partial charge < -0.3 is 31.3 Å². The van der Waals surface area contributed by atoms with Crippen LogP contribution in [0.15, 0.2) is 89.4 Å². The van der Waals surface area contributed by atoms with Crippen LogP contribution >= 0.6 is 15.9 Å². The van der Waals surface area contributed by atoms with E-state index >= 15 is 0 Å². The van der Waals surface area contributed by atoms with Gasteiger partial charge in [-0.25, -0.2) is 27.7 Å². The average Bonchev–Trinajstić information content (AvgIpc) is 3.99.